The third kappa shape index (κ3) is 2.09. The van der Waals surface area contributed by atoms with Crippen molar-refractivity contribution in [2.45, 2.75) is 6.18 Å². The summed E-state index contributed by atoms with van der Waals surface area (Å²) in [6, 6.07) is 9.56. The molecule has 0 saturated carbocycles. The van der Waals surface area contributed by atoms with Gasteiger partial charge in [-0.2, -0.15) is 13.2 Å². The second kappa shape index (κ2) is 4.45. The highest BCUT2D eigenvalue weighted by Gasteiger charge is 2.31. The van der Waals surface area contributed by atoms with Crippen LogP contribution in [0.3, 0.4) is 0 Å². The van der Waals surface area contributed by atoms with Crippen molar-refractivity contribution in [1.82, 2.24) is 8.94 Å². The molecule has 0 aliphatic rings. The maximum absolute atomic E-state index is 12.6. The number of fused-ring (bicyclic) bond motifs is 1. The Morgan fingerprint density at radius 1 is 1.15 bits per heavy atom. The number of hydrogen-bond acceptors (Lipinski definition) is 3. The van der Waals surface area contributed by atoms with E-state index in [4.69, 9.17) is 0 Å². The number of rotatable bonds is 1. The van der Waals surface area contributed by atoms with Crippen molar-refractivity contribution in [1.29, 1.82) is 0 Å². The molecule has 3 nitrogen and oxygen atoms in total. The summed E-state index contributed by atoms with van der Waals surface area (Å²) < 4.78 is 39.2. The van der Waals surface area contributed by atoms with Gasteiger partial charge in [0, 0.05) is 6.20 Å². The highest BCUT2D eigenvalue weighted by molar-refractivity contribution is 7.13. The Labute approximate surface area is 115 Å². The fraction of sp³-hybridized carbons (Fsp3) is 0.0769. The van der Waals surface area contributed by atoms with E-state index >= 15 is 0 Å². The molecule has 102 valence electrons. The van der Waals surface area contributed by atoms with Crippen molar-refractivity contribution >= 4 is 21.7 Å². The van der Waals surface area contributed by atoms with E-state index in [1.165, 1.54) is 3.96 Å². The van der Waals surface area contributed by atoms with Crippen LogP contribution in [0.4, 0.5) is 13.2 Å². The molecule has 0 unspecified atom stereocenters. The highest BCUT2D eigenvalue weighted by atomic mass is 32.1. The van der Waals surface area contributed by atoms with E-state index in [1.54, 1.807) is 30.3 Å². The molecule has 0 spiro atoms. The van der Waals surface area contributed by atoms with Gasteiger partial charge in [-0.05, 0) is 29.7 Å². The molecule has 2 aromatic heterocycles. The van der Waals surface area contributed by atoms with Crippen LogP contribution in [0.15, 0.2) is 47.4 Å². The van der Waals surface area contributed by atoms with Gasteiger partial charge in [0.15, 0.2) is 0 Å². The maximum atomic E-state index is 12.6. The predicted molar refractivity (Wildman–Crippen MR) is 70.2 cm³/mol. The van der Waals surface area contributed by atoms with Crippen LogP contribution in [0.5, 0.6) is 0 Å². The number of nitrogens with zero attached hydrogens (tertiary/aromatic N) is 2. The smallest absolute Gasteiger partial charge is 0.267 e. The highest BCUT2D eigenvalue weighted by Crippen LogP contribution is 2.30. The molecule has 2 heterocycles. The summed E-state index contributed by atoms with van der Waals surface area (Å²) in [5.74, 6) is 0. The van der Waals surface area contributed by atoms with E-state index in [-0.39, 0.29) is 10.2 Å². The van der Waals surface area contributed by atoms with E-state index in [2.05, 4.69) is 4.98 Å². The van der Waals surface area contributed by atoms with Crippen molar-refractivity contribution in [2.75, 3.05) is 0 Å². The Balaban J connectivity index is 2.24. The van der Waals surface area contributed by atoms with Gasteiger partial charge in [-0.15, -0.1) is 0 Å². The molecule has 0 saturated heterocycles. The molecule has 0 atom stereocenters. The van der Waals surface area contributed by atoms with Crippen molar-refractivity contribution < 1.29 is 13.2 Å². The quantitative estimate of drug-likeness (QED) is 0.689. The number of pyridine rings is 1. The van der Waals surface area contributed by atoms with Gasteiger partial charge < -0.3 is 0 Å². The van der Waals surface area contributed by atoms with E-state index in [0.29, 0.717) is 5.69 Å². The van der Waals surface area contributed by atoms with Crippen LogP contribution in [-0.4, -0.2) is 8.94 Å². The minimum absolute atomic E-state index is 0.0197. The van der Waals surface area contributed by atoms with Gasteiger partial charge in [-0.3, -0.25) is 4.79 Å². The molecule has 1 aromatic carbocycles. The average Bonchev–Trinajstić information content (AvgIpc) is 2.76. The van der Waals surface area contributed by atoms with Crippen molar-refractivity contribution in [3.05, 3.63) is 58.5 Å². The fourth-order valence-corrected chi connectivity index (χ4v) is 2.73. The molecule has 0 aliphatic heterocycles. The Kier molecular flexibility index (Phi) is 2.86. The Hall–Kier alpha value is -2.15. The molecule has 3 aromatic rings. The molecule has 0 amide bonds. The average molecular weight is 296 g/mol. The van der Waals surface area contributed by atoms with Crippen LogP contribution in [-0.2, 0) is 6.18 Å². The third-order valence-corrected chi connectivity index (χ3v) is 3.82. The summed E-state index contributed by atoms with van der Waals surface area (Å²) in [6.45, 7) is 0. The van der Waals surface area contributed by atoms with Gasteiger partial charge in [0.25, 0.3) is 5.56 Å². The molecular formula is C13H7F3N2OS. The van der Waals surface area contributed by atoms with Crippen LogP contribution >= 0.6 is 11.5 Å². The lowest BCUT2D eigenvalue weighted by Crippen LogP contribution is -2.11. The first kappa shape index (κ1) is 12.9. The fourth-order valence-electron chi connectivity index (χ4n) is 1.80. The van der Waals surface area contributed by atoms with Gasteiger partial charge in [0.1, 0.15) is 4.83 Å². The molecule has 3 rings (SSSR count). The van der Waals surface area contributed by atoms with Crippen LogP contribution in [0.1, 0.15) is 5.56 Å². The monoisotopic (exact) mass is 296 g/mol. The number of hydrogen-bond donors (Lipinski definition) is 0. The van der Waals surface area contributed by atoms with Gasteiger partial charge in [0.05, 0.1) is 16.6 Å². The number of halogens is 3. The number of aromatic nitrogens is 2. The largest absolute Gasteiger partial charge is 0.417 e. The zero-order chi connectivity index (χ0) is 14.3. The van der Waals surface area contributed by atoms with Crippen LogP contribution in [0.25, 0.3) is 15.9 Å². The Morgan fingerprint density at radius 2 is 1.85 bits per heavy atom. The minimum atomic E-state index is -4.51. The molecular weight excluding hydrogens is 289 g/mol. The number of alkyl halides is 3. The van der Waals surface area contributed by atoms with Gasteiger partial charge in [-0.25, -0.2) is 8.94 Å². The third-order valence-electron chi connectivity index (χ3n) is 2.76. The van der Waals surface area contributed by atoms with Crippen molar-refractivity contribution in [3.63, 3.8) is 0 Å². The maximum Gasteiger partial charge on any atom is 0.417 e. The number of benzene rings is 1. The van der Waals surface area contributed by atoms with Crippen LogP contribution in [0.2, 0.25) is 0 Å². The first-order valence-corrected chi connectivity index (χ1v) is 6.39. The topological polar surface area (TPSA) is 34.9 Å². The molecule has 0 N–H and O–H groups in total. The minimum Gasteiger partial charge on any atom is -0.267 e. The summed E-state index contributed by atoms with van der Waals surface area (Å²) in [6.07, 6.45) is -3.76. The van der Waals surface area contributed by atoms with E-state index in [9.17, 15) is 18.0 Å². The molecule has 0 radical (unpaired) electrons. The summed E-state index contributed by atoms with van der Waals surface area (Å²) in [5.41, 5.74) is -0.802. The normalized spacial score (nSPS) is 11.9. The first-order valence-electron chi connectivity index (χ1n) is 5.61. The Bertz CT molecular complexity index is 821. The summed E-state index contributed by atoms with van der Waals surface area (Å²) in [7, 11) is 0. The van der Waals surface area contributed by atoms with Crippen LogP contribution < -0.4 is 5.56 Å². The van der Waals surface area contributed by atoms with Gasteiger partial charge in [-0.1, -0.05) is 18.2 Å². The SMILES string of the molecule is O=c1c2cc(C(F)(F)F)cnc2sn1-c1ccccc1. The van der Waals surface area contributed by atoms with Gasteiger partial charge >= 0.3 is 6.18 Å². The molecule has 20 heavy (non-hydrogen) atoms. The summed E-state index contributed by atoms with van der Waals surface area (Å²) in [4.78, 5) is 16.2. The summed E-state index contributed by atoms with van der Waals surface area (Å²) in [5, 5.41) is -0.0197. The molecule has 0 aliphatic carbocycles. The van der Waals surface area contributed by atoms with Gasteiger partial charge in [0.2, 0.25) is 0 Å². The molecule has 0 bridgehead atoms. The molecule has 0 fully saturated rings. The standard InChI is InChI=1S/C13H7F3N2OS/c14-13(15,16)8-6-10-11(17-7-8)20-18(12(10)19)9-4-2-1-3-5-9/h1-7H. The zero-order valence-electron chi connectivity index (χ0n) is 9.89. The summed E-state index contributed by atoms with van der Waals surface area (Å²) >= 11 is 1.02. The lowest BCUT2D eigenvalue weighted by atomic mass is 10.2. The lowest BCUT2D eigenvalue weighted by Gasteiger charge is -2.04. The van der Waals surface area contributed by atoms with Crippen molar-refractivity contribution in [2.24, 2.45) is 0 Å². The molecule has 7 heteroatoms. The second-order valence-electron chi connectivity index (χ2n) is 4.10. The van der Waals surface area contributed by atoms with Crippen molar-refractivity contribution in [3.8, 4) is 5.69 Å². The number of para-hydroxylation sites is 1. The van der Waals surface area contributed by atoms with E-state index in [1.807, 2.05) is 0 Å². The van der Waals surface area contributed by atoms with E-state index < -0.39 is 17.3 Å². The predicted octanol–water partition coefficient (Wildman–Crippen LogP) is 3.47. The Morgan fingerprint density at radius 3 is 2.50 bits per heavy atom. The lowest BCUT2D eigenvalue weighted by molar-refractivity contribution is -0.137. The zero-order valence-corrected chi connectivity index (χ0v) is 10.7. The first-order chi connectivity index (χ1) is 9.47. The van der Waals surface area contributed by atoms with Crippen LogP contribution in [0, 0.1) is 0 Å². The van der Waals surface area contributed by atoms with E-state index in [0.717, 1.165) is 23.8 Å². The second-order valence-corrected chi connectivity index (χ2v) is 5.04.